The largest absolute Gasteiger partial charge is 0.308 e. The van der Waals surface area contributed by atoms with E-state index in [4.69, 9.17) is 11.6 Å². The van der Waals surface area contributed by atoms with Gasteiger partial charge in [0.25, 0.3) is 11.1 Å². The molecule has 1 N–H and O–H groups in total. The Morgan fingerprint density at radius 1 is 1.40 bits per heavy atom. The van der Waals surface area contributed by atoms with Crippen molar-refractivity contribution >= 4 is 33.2 Å². The van der Waals surface area contributed by atoms with Crippen LogP contribution in [0.4, 0.5) is 0 Å². The lowest BCUT2D eigenvalue weighted by molar-refractivity contribution is 0.670. The van der Waals surface area contributed by atoms with Gasteiger partial charge in [0, 0.05) is 6.07 Å². The van der Waals surface area contributed by atoms with Gasteiger partial charge in [-0.2, -0.15) is 0 Å². The van der Waals surface area contributed by atoms with Gasteiger partial charge in [0.1, 0.15) is 21.5 Å². The Morgan fingerprint density at radius 3 is 2.95 bits per heavy atom. The van der Waals surface area contributed by atoms with Crippen molar-refractivity contribution in [1.82, 2.24) is 19.5 Å². The summed E-state index contributed by atoms with van der Waals surface area (Å²) in [6, 6.07) is 3.00. The van der Waals surface area contributed by atoms with Crippen LogP contribution in [0.25, 0.3) is 10.2 Å². The smallest absolute Gasteiger partial charge is 0.268 e. The van der Waals surface area contributed by atoms with Gasteiger partial charge in [0.2, 0.25) is 0 Å². The molecule has 8 heteroatoms. The molecule has 0 spiro atoms. The van der Waals surface area contributed by atoms with Gasteiger partial charge in [-0.15, -0.1) is 11.3 Å². The molecule has 0 unspecified atom stereocenters. The Labute approximate surface area is 121 Å². The number of aromatic amines is 1. The van der Waals surface area contributed by atoms with Crippen molar-refractivity contribution < 1.29 is 0 Å². The normalized spacial score (nSPS) is 11.1. The number of rotatable bonds is 2. The second kappa shape index (κ2) is 4.84. The fourth-order valence-corrected chi connectivity index (χ4v) is 2.87. The van der Waals surface area contributed by atoms with Gasteiger partial charge in [0.15, 0.2) is 0 Å². The van der Waals surface area contributed by atoms with E-state index in [-0.39, 0.29) is 22.8 Å². The molecule has 3 heterocycles. The molecule has 3 aromatic rings. The standard InChI is InChI=1S/C12H9ClN4O2S/c1-6-14-8(13)4-10(18)17(6)5-9-15-7-2-3-20-11(7)12(19)16-9/h2-4H,5H2,1H3,(H,15,16,19). The van der Waals surface area contributed by atoms with E-state index in [0.29, 0.717) is 21.9 Å². The van der Waals surface area contributed by atoms with Gasteiger partial charge in [-0.3, -0.25) is 14.2 Å². The maximum atomic E-state index is 11.9. The molecule has 0 aliphatic heterocycles. The average molecular weight is 309 g/mol. The van der Waals surface area contributed by atoms with E-state index in [9.17, 15) is 9.59 Å². The zero-order valence-electron chi connectivity index (χ0n) is 10.4. The van der Waals surface area contributed by atoms with E-state index in [1.54, 1.807) is 18.4 Å². The zero-order valence-corrected chi connectivity index (χ0v) is 12.0. The number of aromatic nitrogens is 4. The highest BCUT2D eigenvalue weighted by Gasteiger charge is 2.09. The summed E-state index contributed by atoms with van der Waals surface area (Å²) in [5, 5.41) is 1.95. The number of nitrogens with zero attached hydrogens (tertiary/aromatic N) is 3. The lowest BCUT2D eigenvalue weighted by Crippen LogP contribution is -2.25. The second-order valence-electron chi connectivity index (χ2n) is 4.20. The number of H-pyrrole nitrogens is 1. The summed E-state index contributed by atoms with van der Waals surface area (Å²) in [6.45, 7) is 1.82. The van der Waals surface area contributed by atoms with Crippen LogP contribution in [0.3, 0.4) is 0 Å². The summed E-state index contributed by atoms with van der Waals surface area (Å²) < 4.78 is 1.98. The van der Waals surface area contributed by atoms with E-state index >= 15 is 0 Å². The van der Waals surface area contributed by atoms with Crippen molar-refractivity contribution in [3.05, 3.63) is 55.0 Å². The molecule has 0 atom stereocenters. The average Bonchev–Trinajstić information content (AvgIpc) is 2.82. The molecule has 0 bridgehead atoms. The van der Waals surface area contributed by atoms with E-state index in [0.717, 1.165) is 0 Å². The number of fused-ring (bicyclic) bond motifs is 1. The summed E-state index contributed by atoms with van der Waals surface area (Å²) in [4.78, 5) is 34.8. The predicted molar refractivity (Wildman–Crippen MR) is 77.6 cm³/mol. The van der Waals surface area contributed by atoms with Crippen molar-refractivity contribution in [1.29, 1.82) is 0 Å². The third-order valence-electron chi connectivity index (χ3n) is 2.84. The van der Waals surface area contributed by atoms with Crippen LogP contribution >= 0.6 is 22.9 Å². The van der Waals surface area contributed by atoms with Crippen molar-refractivity contribution in [2.45, 2.75) is 13.5 Å². The molecule has 3 aromatic heterocycles. The van der Waals surface area contributed by atoms with Gasteiger partial charge >= 0.3 is 0 Å². The van der Waals surface area contributed by atoms with Crippen molar-refractivity contribution in [2.75, 3.05) is 0 Å². The van der Waals surface area contributed by atoms with Crippen molar-refractivity contribution in [2.24, 2.45) is 0 Å². The Balaban J connectivity index is 2.10. The van der Waals surface area contributed by atoms with Crippen LogP contribution < -0.4 is 11.1 Å². The molecule has 0 aliphatic rings. The predicted octanol–water partition coefficient (Wildman–Crippen LogP) is 1.55. The summed E-state index contributed by atoms with van der Waals surface area (Å²) in [5.74, 6) is 0.880. The van der Waals surface area contributed by atoms with Gasteiger partial charge in [-0.1, -0.05) is 11.6 Å². The highest BCUT2D eigenvalue weighted by Crippen LogP contribution is 2.14. The van der Waals surface area contributed by atoms with Crippen molar-refractivity contribution in [3.8, 4) is 0 Å². The van der Waals surface area contributed by atoms with E-state index in [1.807, 2.05) is 0 Å². The molecular formula is C12H9ClN4O2S. The zero-order chi connectivity index (χ0) is 14.3. The molecule has 0 fully saturated rings. The molecule has 0 aromatic carbocycles. The van der Waals surface area contributed by atoms with Crippen molar-refractivity contribution in [3.63, 3.8) is 0 Å². The van der Waals surface area contributed by atoms with Crippen LogP contribution in [-0.2, 0) is 6.54 Å². The number of nitrogens with one attached hydrogen (secondary N) is 1. The SMILES string of the molecule is Cc1nc(Cl)cc(=O)n1Cc1nc2ccsc2c(=O)[nH]1. The van der Waals surface area contributed by atoms with Crippen LogP contribution in [0.1, 0.15) is 11.6 Å². The lowest BCUT2D eigenvalue weighted by atomic mass is 10.4. The highest BCUT2D eigenvalue weighted by atomic mass is 35.5. The Bertz CT molecular complexity index is 912. The minimum Gasteiger partial charge on any atom is -0.308 e. The number of thiophene rings is 1. The Morgan fingerprint density at radius 2 is 2.20 bits per heavy atom. The fraction of sp³-hybridized carbons (Fsp3) is 0.167. The third kappa shape index (κ3) is 2.25. The fourth-order valence-electron chi connectivity index (χ4n) is 1.93. The number of halogens is 1. The first-order valence-corrected chi connectivity index (χ1v) is 7.01. The minimum atomic E-state index is -0.282. The topological polar surface area (TPSA) is 80.6 Å². The summed E-state index contributed by atoms with van der Waals surface area (Å²) in [6.07, 6.45) is 0. The quantitative estimate of drug-likeness (QED) is 0.728. The summed E-state index contributed by atoms with van der Waals surface area (Å²) >= 11 is 7.05. The molecule has 6 nitrogen and oxygen atoms in total. The van der Waals surface area contributed by atoms with Gasteiger partial charge in [0.05, 0.1) is 12.1 Å². The molecule has 20 heavy (non-hydrogen) atoms. The molecule has 3 rings (SSSR count). The first-order valence-electron chi connectivity index (χ1n) is 5.75. The molecule has 102 valence electrons. The molecular weight excluding hydrogens is 300 g/mol. The minimum absolute atomic E-state index is 0.149. The molecule has 0 aliphatic carbocycles. The number of hydrogen-bond donors (Lipinski definition) is 1. The van der Waals surface area contributed by atoms with Gasteiger partial charge < -0.3 is 4.98 Å². The summed E-state index contributed by atoms with van der Waals surface area (Å²) in [7, 11) is 0. The van der Waals surface area contributed by atoms with Gasteiger partial charge in [-0.25, -0.2) is 9.97 Å². The number of aryl methyl sites for hydroxylation is 1. The van der Waals surface area contributed by atoms with Crippen LogP contribution in [0.15, 0.2) is 27.1 Å². The van der Waals surface area contributed by atoms with Crippen LogP contribution in [0.5, 0.6) is 0 Å². The van der Waals surface area contributed by atoms with Crippen LogP contribution in [0.2, 0.25) is 5.15 Å². The molecule has 0 amide bonds. The second-order valence-corrected chi connectivity index (χ2v) is 5.50. The maximum Gasteiger partial charge on any atom is 0.268 e. The first-order chi connectivity index (χ1) is 9.54. The molecule has 0 saturated carbocycles. The number of hydrogen-bond acceptors (Lipinski definition) is 5. The highest BCUT2D eigenvalue weighted by molar-refractivity contribution is 7.17. The maximum absolute atomic E-state index is 11.9. The van der Waals surface area contributed by atoms with Gasteiger partial charge in [-0.05, 0) is 18.4 Å². The monoisotopic (exact) mass is 308 g/mol. The van der Waals surface area contributed by atoms with Crippen LogP contribution in [0, 0.1) is 6.92 Å². The Hall–Kier alpha value is -1.99. The van der Waals surface area contributed by atoms with Crippen LogP contribution in [-0.4, -0.2) is 19.5 Å². The van der Waals surface area contributed by atoms with E-state index in [2.05, 4.69) is 15.0 Å². The molecule has 0 radical (unpaired) electrons. The summed E-state index contributed by atoms with van der Waals surface area (Å²) in [5.41, 5.74) is 0.143. The Kier molecular flexibility index (Phi) is 3.15. The lowest BCUT2D eigenvalue weighted by Gasteiger charge is -2.08. The first kappa shape index (κ1) is 13.0. The van der Waals surface area contributed by atoms with E-state index < -0.39 is 0 Å². The van der Waals surface area contributed by atoms with E-state index in [1.165, 1.54) is 22.0 Å². The molecule has 0 saturated heterocycles. The third-order valence-corrected chi connectivity index (χ3v) is 3.94.